The van der Waals surface area contributed by atoms with Gasteiger partial charge in [0.15, 0.2) is 18.1 Å². The summed E-state index contributed by atoms with van der Waals surface area (Å²) in [5, 5.41) is 11.3. The average molecular weight is 340 g/mol. The predicted octanol–water partition coefficient (Wildman–Crippen LogP) is 0.0184. The summed E-state index contributed by atoms with van der Waals surface area (Å²) in [6, 6.07) is 2.78. The maximum Gasteiger partial charge on any atom is 0.308 e. The van der Waals surface area contributed by atoms with Crippen LogP contribution >= 0.6 is 0 Å². The Hall–Kier alpha value is -2.97. The molecule has 9 heteroatoms. The number of carboxylic acids is 1. The summed E-state index contributed by atoms with van der Waals surface area (Å²) in [6.45, 7) is 1.07. The van der Waals surface area contributed by atoms with E-state index < -0.39 is 23.7 Å². The number of primary amides is 1. The molecule has 0 bridgehead atoms. The molecule has 1 atom stereocenters. The number of rotatable bonds is 9. The van der Waals surface area contributed by atoms with Crippen molar-refractivity contribution in [1.29, 1.82) is 0 Å². The molecule has 4 N–H and O–H groups in total. The van der Waals surface area contributed by atoms with Crippen LogP contribution in [-0.4, -0.2) is 50.3 Å². The molecule has 1 rings (SSSR count). The number of amides is 2. The second-order valence-electron chi connectivity index (χ2n) is 4.91. The lowest BCUT2D eigenvalue weighted by molar-refractivity contribution is -0.140. The average Bonchev–Trinajstić information content (AvgIpc) is 2.56. The number of carbonyl (C=O) groups is 3. The van der Waals surface area contributed by atoms with Gasteiger partial charge in [0.2, 0.25) is 5.75 Å². The molecule has 0 aliphatic rings. The van der Waals surface area contributed by atoms with Crippen LogP contribution in [-0.2, 0) is 9.59 Å². The van der Waals surface area contributed by atoms with Gasteiger partial charge < -0.3 is 30.4 Å². The Balaban J connectivity index is 3.02. The van der Waals surface area contributed by atoms with Crippen LogP contribution in [0.15, 0.2) is 12.1 Å². The van der Waals surface area contributed by atoms with Crippen LogP contribution in [0.4, 0.5) is 0 Å². The van der Waals surface area contributed by atoms with Gasteiger partial charge in [-0.1, -0.05) is 6.92 Å². The van der Waals surface area contributed by atoms with Gasteiger partial charge in [-0.25, -0.2) is 0 Å². The standard InChI is InChI=1S/C15H20N2O7/c1-8(15(20)21)6-17-14(19)9-4-10(22-2)13(11(5-9)23-3)24-7-12(16)18/h4-5,8H,6-7H2,1-3H3,(H2,16,18)(H,17,19)(H,20,21). The van der Waals surface area contributed by atoms with Gasteiger partial charge in [-0.2, -0.15) is 0 Å². The SMILES string of the molecule is COc1cc(C(=O)NCC(C)C(=O)O)cc(OC)c1OCC(N)=O. The maximum atomic E-state index is 12.2. The molecule has 1 unspecified atom stereocenters. The van der Waals surface area contributed by atoms with Gasteiger partial charge in [0, 0.05) is 12.1 Å². The Morgan fingerprint density at radius 3 is 2.17 bits per heavy atom. The summed E-state index contributed by atoms with van der Waals surface area (Å²) < 4.78 is 15.5. The molecule has 0 fully saturated rings. The van der Waals surface area contributed by atoms with Gasteiger partial charge in [-0.3, -0.25) is 14.4 Å². The number of benzene rings is 1. The summed E-state index contributed by atoms with van der Waals surface area (Å²) >= 11 is 0. The highest BCUT2D eigenvalue weighted by atomic mass is 16.5. The second-order valence-corrected chi connectivity index (χ2v) is 4.91. The minimum Gasteiger partial charge on any atom is -0.493 e. The molecule has 24 heavy (non-hydrogen) atoms. The van der Waals surface area contributed by atoms with Crippen molar-refractivity contribution in [1.82, 2.24) is 5.32 Å². The lowest BCUT2D eigenvalue weighted by atomic mass is 10.1. The molecule has 0 radical (unpaired) electrons. The zero-order valence-electron chi connectivity index (χ0n) is 13.6. The molecule has 0 aliphatic carbocycles. The summed E-state index contributed by atoms with van der Waals surface area (Å²) in [5.74, 6) is -2.44. The minimum absolute atomic E-state index is 0.0290. The molecule has 1 aromatic carbocycles. The van der Waals surface area contributed by atoms with E-state index >= 15 is 0 Å². The van der Waals surface area contributed by atoms with Gasteiger partial charge in [0.1, 0.15) is 0 Å². The number of hydrogen-bond donors (Lipinski definition) is 3. The first kappa shape index (κ1) is 19.1. The Bertz CT molecular complexity index is 605. The third kappa shape index (κ3) is 5.04. The van der Waals surface area contributed by atoms with Gasteiger partial charge in [0.05, 0.1) is 20.1 Å². The highest BCUT2D eigenvalue weighted by molar-refractivity contribution is 5.95. The summed E-state index contributed by atoms with van der Waals surface area (Å²) in [6.07, 6.45) is 0. The maximum absolute atomic E-state index is 12.2. The van der Waals surface area contributed by atoms with Crippen molar-refractivity contribution in [2.75, 3.05) is 27.4 Å². The van der Waals surface area contributed by atoms with E-state index in [2.05, 4.69) is 5.32 Å². The van der Waals surface area contributed by atoms with E-state index in [-0.39, 0.29) is 36.0 Å². The third-order valence-corrected chi connectivity index (χ3v) is 3.07. The molecular weight excluding hydrogens is 320 g/mol. The van der Waals surface area contributed by atoms with E-state index in [1.54, 1.807) is 0 Å². The largest absolute Gasteiger partial charge is 0.493 e. The van der Waals surface area contributed by atoms with Crippen LogP contribution in [0.1, 0.15) is 17.3 Å². The van der Waals surface area contributed by atoms with Crippen LogP contribution in [0.2, 0.25) is 0 Å². The molecule has 0 saturated heterocycles. The first-order valence-electron chi connectivity index (χ1n) is 6.98. The lowest BCUT2D eigenvalue weighted by Gasteiger charge is -2.15. The predicted molar refractivity (Wildman–Crippen MR) is 83.4 cm³/mol. The number of aliphatic carboxylic acids is 1. The fourth-order valence-electron chi connectivity index (χ4n) is 1.73. The van der Waals surface area contributed by atoms with Gasteiger partial charge in [0.25, 0.3) is 11.8 Å². The molecule has 0 heterocycles. The monoisotopic (exact) mass is 340 g/mol. The van der Waals surface area contributed by atoms with E-state index in [4.69, 9.17) is 25.1 Å². The molecule has 0 aromatic heterocycles. The number of nitrogens with two attached hydrogens (primary N) is 1. The number of ether oxygens (including phenoxy) is 3. The van der Waals surface area contributed by atoms with Gasteiger partial charge in [-0.05, 0) is 12.1 Å². The molecule has 9 nitrogen and oxygen atoms in total. The number of carboxylic acid groups (broad SMARTS) is 1. The molecule has 0 saturated carbocycles. The van der Waals surface area contributed by atoms with E-state index in [9.17, 15) is 14.4 Å². The van der Waals surface area contributed by atoms with Crippen molar-refractivity contribution in [3.63, 3.8) is 0 Å². The van der Waals surface area contributed by atoms with Gasteiger partial charge in [-0.15, -0.1) is 0 Å². The number of nitrogens with one attached hydrogen (secondary N) is 1. The van der Waals surface area contributed by atoms with Crippen molar-refractivity contribution >= 4 is 17.8 Å². The van der Waals surface area contributed by atoms with E-state index in [1.165, 1.54) is 33.3 Å². The highest BCUT2D eigenvalue weighted by Gasteiger charge is 2.19. The van der Waals surface area contributed by atoms with E-state index in [0.29, 0.717) is 0 Å². The zero-order chi connectivity index (χ0) is 18.3. The molecule has 0 aliphatic heterocycles. The van der Waals surface area contributed by atoms with E-state index in [1.807, 2.05) is 0 Å². The number of methoxy groups -OCH3 is 2. The summed E-state index contributed by atoms with van der Waals surface area (Å²) in [5.41, 5.74) is 5.22. The molecule has 132 valence electrons. The Morgan fingerprint density at radius 2 is 1.75 bits per heavy atom. The molecule has 0 spiro atoms. The first-order valence-corrected chi connectivity index (χ1v) is 6.98. The van der Waals surface area contributed by atoms with E-state index in [0.717, 1.165) is 0 Å². The van der Waals surface area contributed by atoms with Crippen LogP contribution in [0.25, 0.3) is 0 Å². The highest BCUT2D eigenvalue weighted by Crippen LogP contribution is 2.38. The summed E-state index contributed by atoms with van der Waals surface area (Å²) in [4.78, 5) is 33.8. The Morgan fingerprint density at radius 1 is 1.21 bits per heavy atom. The Kier molecular flexibility index (Phi) is 6.84. The topological polar surface area (TPSA) is 137 Å². The van der Waals surface area contributed by atoms with Crippen molar-refractivity contribution < 1.29 is 33.7 Å². The number of hydrogen-bond acceptors (Lipinski definition) is 6. The van der Waals surface area contributed by atoms with Crippen LogP contribution in [0.5, 0.6) is 17.2 Å². The first-order chi connectivity index (χ1) is 11.3. The third-order valence-electron chi connectivity index (χ3n) is 3.07. The van der Waals surface area contributed by atoms with Crippen molar-refractivity contribution in [3.8, 4) is 17.2 Å². The van der Waals surface area contributed by atoms with Gasteiger partial charge >= 0.3 is 5.97 Å². The minimum atomic E-state index is -1.01. The van der Waals surface area contributed by atoms with Crippen LogP contribution in [0.3, 0.4) is 0 Å². The second kappa shape index (κ2) is 8.61. The van der Waals surface area contributed by atoms with Crippen molar-refractivity contribution in [2.45, 2.75) is 6.92 Å². The summed E-state index contributed by atoms with van der Waals surface area (Å²) in [7, 11) is 2.72. The zero-order valence-corrected chi connectivity index (χ0v) is 13.6. The molecule has 1 aromatic rings. The van der Waals surface area contributed by atoms with Crippen LogP contribution < -0.4 is 25.3 Å². The molecule has 2 amide bonds. The van der Waals surface area contributed by atoms with Crippen molar-refractivity contribution in [3.05, 3.63) is 17.7 Å². The smallest absolute Gasteiger partial charge is 0.308 e. The molecular formula is C15H20N2O7. The van der Waals surface area contributed by atoms with Crippen molar-refractivity contribution in [2.24, 2.45) is 11.7 Å². The quantitative estimate of drug-likeness (QED) is 0.576. The Labute approximate surface area is 138 Å². The normalized spacial score (nSPS) is 11.3. The number of carbonyl (C=O) groups excluding carboxylic acids is 2. The van der Waals surface area contributed by atoms with Crippen LogP contribution in [0, 0.1) is 5.92 Å². The fourth-order valence-corrected chi connectivity index (χ4v) is 1.73. The lowest BCUT2D eigenvalue weighted by Crippen LogP contribution is -2.31. The fraction of sp³-hybridized carbons (Fsp3) is 0.400.